The molecule has 0 aliphatic carbocycles. The van der Waals surface area contributed by atoms with Crippen LogP contribution in [0.4, 0.5) is 0 Å². The third kappa shape index (κ3) is 3.23. The number of methoxy groups -OCH3 is 1. The van der Waals surface area contributed by atoms with Gasteiger partial charge in [0.05, 0.1) is 24.1 Å². The van der Waals surface area contributed by atoms with Crippen LogP contribution < -0.4 is 0 Å². The van der Waals surface area contributed by atoms with E-state index in [0.29, 0.717) is 22.1 Å². The molecule has 2 aromatic heterocycles. The van der Waals surface area contributed by atoms with Gasteiger partial charge < -0.3 is 9.15 Å². The summed E-state index contributed by atoms with van der Waals surface area (Å²) in [6, 6.07) is 5.39. The fourth-order valence-corrected chi connectivity index (χ4v) is 2.50. The van der Waals surface area contributed by atoms with E-state index in [2.05, 4.69) is 21.0 Å². The molecule has 2 rings (SSSR count). The number of hydrogen-bond acceptors (Lipinski definition) is 7. The minimum Gasteiger partial charge on any atom is -0.463 e. The first-order valence-corrected chi connectivity index (χ1v) is 7.09. The van der Waals surface area contributed by atoms with E-state index in [1.54, 1.807) is 12.1 Å². The maximum atomic E-state index is 11.3. The molecule has 0 spiro atoms. The molecule has 108 valence electrons. The Hall–Kier alpha value is -2.33. The van der Waals surface area contributed by atoms with Gasteiger partial charge in [0, 0.05) is 0 Å². The number of aromatic nitrogens is 2. The zero-order valence-electron chi connectivity index (χ0n) is 11.8. The number of rotatable bonds is 4. The zero-order chi connectivity index (χ0) is 15.4. The van der Waals surface area contributed by atoms with Crippen LogP contribution in [0.15, 0.2) is 21.6 Å². The Kier molecular flexibility index (Phi) is 4.60. The third-order valence-electron chi connectivity index (χ3n) is 2.93. The number of nitrogens with zero attached hydrogens (tertiary/aromatic N) is 3. The second kappa shape index (κ2) is 6.41. The Labute approximate surface area is 126 Å². The van der Waals surface area contributed by atoms with E-state index >= 15 is 0 Å². The van der Waals surface area contributed by atoms with E-state index in [0.717, 1.165) is 11.3 Å². The van der Waals surface area contributed by atoms with Gasteiger partial charge in [-0.1, -0.05) is 11.8 Å². The molecule has 0 atom stereocenters. The number of esters is 1. The van der Waals surface area contributed by atoms with Crippen LogP contribution in [0.1, 0.15) is 33.1 Å². The van der Waals surface area contributed by atoms with Crippen molar-refractivity contribution in [3.05, 3.63) is 40.5 Å². The van der Waals surface area contributed by atoms with Crippen LogP contribution in [0.5, 0.6) is 0 Å². The molecule has 0 bridgehead atoms. The third-order valence-corrected chi connectivity index (χ3v) is 3.92. The summed E-state index contributed by atoms with van der Waals surface area (Å²) in [4.78, 5) is 11.3. The standard InChI is InChI=1S/C14H13N3O3S/c1-8-9(2)16-17-13(11(8)6-15)21-7-10-4-5-12(20-10)14(18)19-3/h4-5H,7H2,1-3H3. The zero-order valence-corrected chi connectivity index (χ0v) is 12.7. The summed E-state index contributed by atoms with van der Waals surface area (Å²) >= 11 is 1.34. The van der Waals surface area contributed by atoms with Crippen molar-refractivity contribution in [1.82, 2.24) is 10.2 Å². The van der Waals surface area contributed by atoms with E-state index in [9.17, 15) is 10.1 Å². The Morgan fingerprint density at radius 3 is 2.86 bits per heavy atom. The number of carbonyl (C=O) groups excluding carboxylic acids is 1. The summed E-state index contributed by atoms with van der Waals surface area (Å²) in [5, 5.41) is 17.8. The Morgan fingerprint density at radius 1 is 1.43 bits per heavy atom. The molecule has 0 unspecified atom stereocenters. The van der Waals surface area contributed by atoms with Gasteiger partial charge in [-0.25, -0.2) is 4.79 Å². The highest BCUT2D eigenvalue weighted by molar-refractivity contribution is 7.98. The number of aryl methyl sites for hydroxylation is 1. The van der Waals surface area contributed by atoms with E-state index in [1.165, 1.54) is 18.9 Å². The second-order valence-electron chi connectivity index (χ2n) is 4.25. The molecule has 2 aromatic rings. The topological polar surface area (TPSA) is 89.0 Å². The number of thioether (sulfide) groups is 1. The summed E-state index contributed by atoms with van der Waals surface area (Å²) < 4.78 is 9.93. The second-order valence-corrected chi connectivity index (χ2v) is 5.21. The molecule has 2 heterocycles. The van der Waals surface area contributed by atoms with E-state index in [-0.39, 0.29) is 5.76 Å². The van der Waals surface area contributed by atoms with Crippen molar-refractivity contribution in [3.63, 3.8) is 0 Å². The van der Waals surface area contributed by atoms with Gasteiger partial charge in [0.2, 0.25) is 5.76 Å². The van der Waals surface area contributed by atoms with Crippen molar-refractivity contribution in [3.8, 4) is 6.07 Å². The molecular weight excluding hydrogens is 290 g/mol. The summed E-state index contributed by atoms with van der Waals surface area (Å²) in [5.74, 6) is 0.682. The largest absolute Gasteiger partial charge is 0.463 e. The van der Waals surface area contributed by atoms with E-state index in [4.69, 9.17) is 4.42 Å². The van der Waals surface area contributed by atoms with Gasteiger partial charge in [-0.2, -0.15) is 10.4 Å². The molecule has 7 heteroatoms. The fraction of sp³-hybridized carbons (Fsp3) is 0.286. The predicted octanol–water partition coefficient (Wildman–Crippen LogP) is 2.64. The maximum Gasteiger partial charge on any atom is 0.373 e. The van der Waals surface area contributed by atoms with Crippen LogP contribution in [0.3, 0.4) is 0 Å². The first-order chi connectivity index (χ1) is 10.1. The van der Waals surface area contributed by atoms with E-state index < -0.39 is 5.97 Å². The first-order valence-electron chi connectivity index (χ1n) is 6.10. The Morgan fingerprint density at radius 2 is 2.19 bits per heavy atom. The molecule has 0 saturated heterocycles. The molecular formula is C14H13N3O3S. The quantitative estimate of drug-likeness (QED) is 0.633. The van der Waals surface area contributed by atoms with Gasteiger partial charge in [-0.05, 0) is 31.5 Å². The van der Waals surface area contributed by atoms with Crippen molar-refractivity contribution in [2.75, 3.05) is 7.11 Å². The van der Waals surface area contributed by atoms with Gasteiger partial charge in [0.1, 0.15) is 16.9 Å². The van der Waals surface area contributed by atoms with Crippen LogP contribution >= 0.6 is 11.8 Å². The Balaban J connectivity index is 2.14. The van der Waals surface area contributed by atoms with Crippen molar-refractivity contribution in [2.45, 2.75) is 24.6 Å². The molecule has 0 N–H and O–H groups in total. The van der Waals surface area contributed by atoms with Gasteiger partial charge >= 0.3 is 5.97 Å². The lowest BCUT2D eigenvalue weighted by molar-refractivity contribution is 0.0563. The summed E-state index contributed by atoms with van der Waals surface area (Å²) in [7, 11) is 1.29. The summed E-state index contributed by atoms with van der Waals surface area (Å²) in [6.45, 7) is 3.65. The van der Waals surface area contributed by atoms with E-state index in [1.807, 2.05) is 13.8 Å². The molecule has 21 heavy (non-hydrogen) atoms. The molecule has 0 aliphatic heterocycles. The normalized spacial score (nSPS) is 10.2. The number of hydrogen-bond donors (Lipinski definition) is 0. The molecule has 0 radical (unpaired) electrons. The van der Waals surface area contributed by atoms with Crippen molar-refractivity contribution < 1.29 is 13.9 Å². The van der Waals surface area contributed by atoms with Gasteiger partial charge in [-0.3, -0.25) is 0 Å². The molecule has 0 fully saturated rings. The predicted molar refractivity (Wildman–Crippen MR) is 75.8 cm³/mol. The fourth-order valence-electron chi connectivity index (χ4n) is 1.62. The average molecular weight is 303 g/mol. The smallest absolute Gasteiger partial charge is 0.373 e. The van der Waals surface area contributed by atoms with Crippen LogP contribution in [-0.2, 0) is 10.5 Å². The monoisotopic (exact) mass is 303 g/mol. The lowest BCUT2D eigenvalue weighted by Crippen LogP contribution is -1.99. The highest BCUT2D eigenvalue weighted by Gasteiger charge is 2.14. The number of ether oxygens (including phenoxy) is 1. The molecule has 0 aromatic carbocycles. The van der Waals surface area contributed by atoms with Crippen LogP contribution in [0.2, 0.25) is 0 Å². The van der Waals surface area contributed by atoms with Crippen molar-refractivity contribution >= 4 is 17.7 Å². The van der Waals surface area contributed by atoms with Crippen LogP contribution in [-0.4, -0.2) is 23.3 Å². The molecule has 0 saturated carbocycles. The molecule has 0 aliphatic rings. The number of furan rings is 1. The van der Waals surface area contributed by atoms with Gasteiger partial charge in [0.25, 0.3) is 0 Å². The van der Waals surface area contributed by atoms with Crippen LogP contribution in [0, 0.1) is 25.2 Å². The average Bonchev–Trinajstić information content (AvgIpc) is 2.96. The SMILES string of the molecule is COC(=O)c1ccc(CSc2nnc(C)c(C)c2C#N)o1. The van der Waals surface area contributed by atoms with Crippen LogP contribution in [0.25, 0.3) is 0 Å². The Bertz CT molecular complexity index is 719. The lowest BCUT2D eigenvalue weighted by atomic mass is 10.1. The van der Waals surface area contributed by atoms with Crippen molar-refractivity contribution in [2.24, 2.45) is 0 Å². The lowest BCUT2D eigenvalue weighted by Gasteiger charge is -2.05. The minimum atomic E-state index is -0.519. The first kappa shape index (κ1) is 15.1. The van der Waals surface area contributed by atoms with Crippen molar-refractivity contribution in [1.29, 1.82) is 5.26 Å². The van der Waals surface area contributed by atoms with Gasteiger partial charge in [-0.15, -0.1) is 5.10 Å². The minimum absolute atomic E-state index is 0.153. The number of nitriles is 1. The maximum absolute atomic E-state index is 11.3. The summed E-state index contributed by atoms with van der Waals surface area (Å²) in [6.07, 6.45) is 0. The molecule has 0 amide bonds. The van der Waals surface area contributed by atoms with Gasteiger partial charge in [0.15, 0.2) is 0 Å². The summed E-state index contributed by atoms with van der Waals surface area (Å²) in [5.41, 5.74) is 2.08. The molecule has 6 nitrogen and oxygen atoms in total. The number of carbonyl (C=O) groups is 1. The highest BCUT2D eigenvalue weighted by atomic mass is 32.2. The highest BCUT2D eigenvalue weighted by Crippen LogP contribution is 2.26.